The molecule has 0 saturated heterocycles. The van der Waals surface area contributed by atoms with E-state index in [1.165, 1.54) is 25.3 Å². The van der Waals surface area contributed by atoms with Crippen LogP contribution in [0.1, 0.15) is 18.1 Å². The molecule has 8 heteroatoms. The maximum Gasteiger partial charge on any atom is 0.429 e. The molecule has 2 aromatic carbocycles. The summed E-state index contributed by atoms with van der Waals surface area (Å²) >= 11 is 0. The molecule has 0 heterocycles. The third kappa shape index (κ3) is 4.19. The maximum absolute atomic E-state index is 14.1. The predicted molar refractivity (Wildman–Crippen MR) is 82.9 cm³/mol. The van der Waals surface area contributed by atoms with E-state index in [-0.39, 0.29) is 5.75 Å². The lowest BCUT2D eigenvalue weighted by atomic mass is 10.1. The molecule has 0 fully saturated rings. The Morgan fingerprint density at radius 2 is 1.62 bits per heavy atom. The number of ether oxygens (including phenoxy) is 2. The first-order valence-corrected chi connectivity index (χ1v) is 7.23. The molecule has 0 aliphatic rings. The van der Waals surface area contributed by atoms with Crippen molar-refractivity contribution in [1.82, 2.24) is 0 Å². The van der Waals surface area contributed by atoms with Crippen LogP contribution >= 0.6 is 0 Å². The summed E-state index contributed by atoms with van der Waals surface area (Å²) < 4.78 is 76.6. The zero-order valence-electron chi connectivity index (χ0n) is 13.7. The number of benzene rings is 2. The van der Waals surface area contributed by atoms with Crippen LogP contribution in [0.15, 0.2) is 42.5 Å². The zero-order chi connectivity index (χ0) is 19.5. The smallest absolute Gasteiger partial charge is 0.429 e. The summed E-state index contributed by atoms with van der Waals surface area (Å²) in [5, 5.41) is 0. The van der Waals surface area contributed by atoms with Crippen LogP contribution in [0.4, 0.5) is 22.0 Å². The van der Waals surface area contributed by atoms with Crippen LogP contribution in [-0.2, 0) is 15.6 Å². The van der Waals surface area contributed by atoms with Gasteiger partial charge in [0.15, 0.2) is 17.5 Å². The van der Waals surface area contributed by atoms with E-state index < -0.39 is 35.1 Å². The van der Waals surface area contributed by atoms with Crippen molar-refractivity contribution in [2.45, 2.75) is 13.0 Å². The van der Waals surface area contributed by atoms with Crippen LogP contribution in [0.3, 0.4) is 0 Å². The molecule has 2 rings (SSSR count). The van der Waals surface area contributed by atoms with E-state index in [9.17, 15) is 26.7 Å². The molecule has 0 aliphatic heterocycles. The molecular weight excluding hydrogens is 359 g/mol. The molecule has 0 bridgehead atoms. The van der Waals surface area contributed by atoms with Crippen molar-refractivity contribution < 1.29 is 36.2 Å². The van der Waals surface area contributed by atoms with Gasteiger partial charge in [-0.1, -0.05) is 12.1 Å². The van der Waals surface area contributed by atoms with E-state index in [4.69, 9.17) is 0 Å². The molecule has 0 unspecified atom stereocenters. The molecule has 138 valence electrons. The van der Waals surface area contributed by atoms with Gasteiger partial charge in [-0.25, -0.2) is 18.0 Å². The van der Waals surface area contributed by atoms with Gasteiger partial charge in [-0.2, -0.15) is 8.78 Å². The van der Waals surface area contributed by atoms with Gasteiger partial charge in [-0.15, -0.1) is 0 Å². The van der Waals surface area contributed by atoms with E-state index in [0.29, 0.717) is 23.3 Å². The Kier molecular flexibility index (Phi) is 5.64. The number of esters is 1. The number of carbonyl (C=O) groups is 1. The summed E-state index contributed by atoms with van der Waals surface area (Å²) in [6, 6.07) is 5.90. The Balaban J connectivity index is 2.24. The molecule has 0 aromatic heterocycles. The first-order chi connectivity index (χ1) is 12.2. The molecule has 0 saturated carbocycles. The van der Waals surface area contributed by atoms with Crippen molar-refractivity contribution in [3.63, 3.8) is 0 Å². The molecule has 0 atom stereocenters. The lowest BCUT2D eigenvalue weighted by molar-refractivity contribution is -0.187. The van der Waals surface area contributed by atoms with Crippen molar-refractivity contribution in [2.75, 3.05) is 7.11 Å². The Morgan fingerprint density at radius 3 is 2.19 bits per heavy atom. The Bertz CT molecular complexity index is 845. The second kappa shape index (κ2) is 7.55. The van der Waals surface area contributed by atoms with Crippen molar-refractivity contribution in [1.29, 1.82) is 0 Å². The zero-order valence-corrected chi connectivity index (χ0v) is 13.7. The van der Waals surface area contributed by atoms with Crippen molar-refractivity contribution in [3.8, 4) is 5.75 Å². The quantitative estimate of drug-likeness (QED) is 0.327. The number of rotatable bonds is 5. The van der Waals surface area contributed by atoms with Gasteiger partial charge in [-0.05, 0) is 42.3 Å². The minimum Gasteiger partial charge on any atom is -0.466 e. The Hall–Kier alpha value is -2.90. The summed E-state index contributed by atoms with van der Waals surface area (Å²) in [5.74, 6) is -6.54. The minimum atomic E-state index is -4.23. The van der Waals surface area contributed by atoms with Gasteiger partial charge < -0.3 is 9.47 Å². The summed E-state index contributed by atoms with van der Waals surface area (Å²) in [4.78, 5) is 11.2. The van der Waals surface area contributed by atoms with Gasteiger partial charge in [0.25, 0.3) is 0 Å². The predicted octanol–water partition coefficient (Wildman–Crippen LogP) is 4.81. The average molecular weight is 372 g/mol. The first kappa shape index (κ1) is 19.4. The molecule has 2 aromatic rings. The van der Waals surface area contributed by atoms with Crippen molar-refractivity contribution in [3.05, 3.63) is 71.1 Å². The standard InChI is InChI=1S/C18H13F5O3/c1-10(9-15(24)25-2)11-3-5-12(6-4-11)26-18(22,23)13-7-8-14(19)17(21)16(13)20/h3-9H,1-2H3. The molecule has 0 amide bonds. The van der Waals surface area contributed by atoms with Gasteiger partial charge in [-0.3, -0.25) is 0 Å². The third-order valence-corrected chi connectivity index (χ3v) is 3.44. The highest BCUT2D eigenvalue weighted by Crippen LogP contribution is 2.34. The van der Waals surface area contributed by atoms with Gasteiger partial charge in [0.1, 0.15) is 11.3 Å². The first-order valence-electron chi connectivity index (χ1n) is 7.23. The number of carbonyl (C=O) groups excluding carboxylic acids is 1. The van der Waals surface area contributed by atoms with E-state index in [1.54, 1.807) is 6.92 Å². The summed E-state index contributed by atoms with van der Waals surface area (Å²) in [6.07, 6.45) is -3.02. The molecule has 26 heavy (non-hydrogen) atoms. The monoisotopic (exact) mass is 372 g/mol. The minimum absolute atomic E-state index is 0.339. The highest BCUT2D eigenvalue weighted by Gasteiger charge is 2.39. The molecule has 0 spiro atoms. The second-order valence-electron chi connectivity index (χ2n) is 5.22. The fraction of sp³-hybridized carbons (Fsp3) is 0.167. The van der Waals surface area contributed by atoms with Crippen molar-refractivity contribution in [2.24, 2.45) is 0 Å². The van der Waals surface area contributed by atoms with Crippen LogP contribution in [-0.4, -0.2) is 13.1 Å². The van der Waals surface area contributed by atoms with Crippen LogP contribution in [0, 0.1) is 17.5 Å². The van der Waals surface area contributed by atoms with Gasteiger partial charge in [0, 0.05) is 6.08 Å². The van der Waals surface area contributed by atoms with Crippen LogP contribution in [0.2, 0.25) is 0 Å². The van der Waals surface area contributed by atoms with Crippen molar-refractivity contribution >= 4 is 11.5 Å². The Morgan fingerprint density at radius 1 is 1.00 bits per heavy atom. The molecule has 0 N–H and O–H groups in total. The summed E-state index contributed by atoms with van der Waals surface area (Å²) in [7, 11) is 1.21. The van der Waals surface area contributed by atoms with Gasteiger partial charge >= 0.3 is 12.1 Å². The summed E-state index contributed by atoms with van der Waals surface area (Å²) in [6.45, 7) is 1.61. The number of alkyl halides is 2. The lowest BCUT2D eigenvalue weighted by Gasteiger charge is -2.19. The third-order valence-electron chi connectivity index (χ3n) is 3.44. The molecule has 3 nitrogen and oxygen atoms in total. The van der Waals surface area contributed by atoms with Crippen LogP contribution in [0.25, 0.3) is 5.57 Å². The van der Waals surface area contributed by atoms with Crippen LogP contribution in [0.5, 0.6) is 5.75 Å². The largest absolute Gasteiger partial charge is 0.466 e. The van der Waals surface area contributed by atoms with E-state index >= 15 is 0 Å². The van der Waals surface area contributed by atoms with E-state index in [1.807, 2.05) is 0 Å². The van der Waals surface area contributed by atoms with Crippen LogP contribution < -0.4 is 4.74 Å². The topological polar surface area (TPSA) is 35.5 Å². The summed E-state index contributed by atoms with van der Waals surface area (Å²) in [5.41, 5.74) is -0.380. The van der Waals surface area contributed by atoms with E-state index in [0.717, 1.165) is 12.1 Å². The normalized spacial score (nSPS) is 12.0. The average Bonchev–Trinajstić information content (AvgIpc) is 2.59. The van der Waals surface area contributed by atoms with Gasteiger partial charge in [0.05, 0.1) is 7.11 Å². The molecule has 0 aliphatic carbocycles. The second-order valence-corrected chi connectivity index (χ2v) is 5.22. The van der Waals surface area contributed by atoms with E-state index in [2.05, 4.69) is 9.47 Å². The molecule has 0 radical (unpaired) electrons. The number of methoxy groups -OCH3 is 1. The fourth-order valence-electron chi connectivity index (χ4n) is 2.06. The lowest BCUT2D eigenvalue weighted by Crippen LogP contribution is -2.24. The Labute approximate surface area is 145 Å². The number of halogens is 5. The fourth-order valence-corrected chi connectivity index (χ4v) is 2.06. The number of hydrogen-bond donors (Lipinski definition) is 0. The van der Waals surface area contributed by atoms with Gasteiger partial charge in [0.2, 0.25) is 0 Å². The number of allylic oxidation sites excluding steroid dienone is 1. The number of hydrogen-bond acceptors (Lipinski definition) is 3. The molecular formula is C18H13F5O3. The highest BCUT2D eigenvalue weighted by molar-refractivity contribution is 5.90. The highest BCUT2D eigenvalue weighted by atomic mass is 19.3. The SMILES string of the molecule is COC(=O)C=C(C)c1ccc(OC(F)(F)c2ccc(F)c(F)c2F)cc1. The maximum atomic E-state index is 14.1.